The third-order valence-corrected chi connectivity index (χ3v) is 4.32. The van der Waals surface area contributed by atoms with Gasteiger partial charge in [-0.2, -0.15) is 0 Å². The Kier molecular flexibility index (Phi) is 8.45. The molecule has 0 aliphatic rings. The lowest BCUT2D eigenvalue weighted by molar-refractivity contribution is -0.121. The van der Waals surface area contributed by atoms with E-state index in [0.717, 1.165) is 11.8 Å². The number of aliphatic hydroxyl groups is 1. The van der Waals surface area contributed by atoms with Crippen molar-refractivity contribution in [2.75, 3.05) is 18.5 Å². The van der Waals surface area contributed by atoms with Crippen LogP contribution in [0.2, 0.25) is 0 Å². The molecule has 0 fully saturated rings. The molecule has 29 heavy (non-hydrogen) atoms. The predicted octanol–water partition coefficient (Wildman–Crippen LogP) is 1.26. The van der Waals surface area contributed by atoms with Crippen LogP contribution in [0.3, 0.4) is 0 Å². The van der Waals surface area contributed by atoms with Crippen LogP contribution >= 0.6 is 0 Å². The molecule has 7 nitrogen and oxygen atoms in total. The minimum atomic E-state index is -0.775. The third-order valence-electron chi connectivity index (χ3n) is 4.32. The van der Waals surface area contributed by atoms with Crippen LogP contribution in [-0.2, 0) is 16.0 Å². The largest absolute Gasteiger partial charge is 0.396 e. The molecular weight excluding hydrogens is 377 g/mol. The van der Waals surface area contributed by atoms with Gasteiger partial charge in [-0.25, -0.2) is 4.39 Å². The van der Waals surface area contributed by atoms with Crippen LogP contribution in [0.25, 0.3) is 0 Å². The fourth-order valence-electron chi connectivity index (χ4n) is 2.75. The van der Waals surface area contributed by atoms with Gasteiger partial charge in [0, 0.05) is 30.3 Å². The lowest BCUT2D eigenvalue weighted by Crippen LogP contribution is -2.41. The molecule has 0 aromatic heterocycles. The minimum absolute atomic E-state index is 0.108. The Balaban J connectivity index is 1.85. The van der Waals surface area contributed by atoms with E-state index < -0.39 is 30.3 Å². The molecule has 5 N–H and O–H groups in total. The van der Waals surface area contributed by atoms with Crippen molar-refractivity contribution >= 4 is 23.8 Å². The number of nitrogens with one attached hydrogen (secondary N) is 2. The lowest BCUT2D eigenvalue weighted by atomic mass is 9.99. The monoisotopic (exact) mass is 401 g/mol. The maximum Gasteiger partial charge on any atom is 0.251 e. The molecule has 0 saturated carbocycles. The summed E-state index contributed by atoms with van der Waals surface area (Å²) in [5, 5.41) is 14.8. The Morgan fingerprint density at radius 2 is 1.90 bits per heavy atom. The van der Waals surface area contributed by atoms with Crippen LogP contribution in [0, 0.1) is 11.7 Å². The normalized spacial score (nSPS) is 12.7. The van der Waals surface area contributed by atoms with Crippen molar-refractivity contribution in [2.45, 2.75) is 18.9 Å². The molecule has 2 atom stereocenters. The average molecular weight is 401 g/mol. The summed E-state index contributed by atoms with van der Waals surface area (Å²) in [5.41, 5.74) is 7.55. The van der Waals surface area contributed by atoms with Gasteiger partial charge in [-0.05, 0) is 48.4 Å². The Hall–Kier alpha value is -3.10. The third kappa shape index (κ3) is 7.10. The molecule has 154 valence electrons. The standard InChI is InChI=1S/C21H24FN3O4/c22-17-4-6-19(7-5-17)25-21(29)16(13-27)11-18(23)12-24-20(28)15-3-1-2-14(10-15)8-9-26/h1-7,9-10,16,18,27H,8,11-13,23H2,(H,24,28)(H,25,29). The fraction of sp³-hybridized carbons (Fsp3) is 0.286. The topological polar surface area (TPSA) is 122 Å². The highest BCUT2D eigenvalue weighted by molar-refractivity contribution is 5.94. The number of aldehydes is 1. The van der Waals surface area contributed by atoms with E-state index in [2.05, 4.69) is 10.6 Å². The van der Waals surface area contributed by atoms with Crippen molar-refractivity contribution in [1.29, 1.82) is 0 Å². The van der Waals surface area contributed by atoms with Crippen LogP contribution < -0.4 is 16.4 Å². The summed E-state index contributed by atoms with van der Waals surface area (Å²) in [4.78, 5) is 35.1. The van der Waals surface area contributed by atoms with Crippen LogP contribution in [0.5, 0.6) is 0 Å². The van der Waals surface area contributed by atoms with E-state index in [1.165, 1.54) is 24.3 Å². The van der Waals surface area contributed by atoms with E-state index in [0.29, 0.717) is 11.3 Å². The minimum Gasteiger partial charge on any atom is -0.396 e. The van der Waals surface area contributed by atoms with E-state index in [-0.39, 0.29) is 25.3 Å². The second-order valence-electron chi connectivity index (χ2n) is 6.65. The number of carbonyl (C=O) groups is 3. The van der Waals surface area contributed by atoms with Gasteiger partial charge < -0.3 is 26.3 Å². The van der Waals surface area contributed by atoms with Crippen molar-refractivity contribution in [3.8, 4) is 0 Å². The van der Waals surface area contributed by atoms with Crippen molar-refractivity contribution in [1.82, 2.24) is 5.32 Å². The molecule has 2 aromatic carbocycles. The number of halogens is 1. The fourth-order valence-corrected chi connectivity index (χ4v) is 2.75. The summed E-state index contributed by atoms with van der Waals surface area (Å²) in [7, 11) is 0. The van der Waals surface area contributed by atoms with E-state index >= 15 is 0 Å². The van der Waals surface area contributed by atoms with Gasteiger partial charge in [-0.3, -0.25) is 9.59 Å². The zero-order chi connectivity index (χ0) is 21.2. The molecule has 0 aliphatic heterocycles. The molecule has 2 aromatic rings. The van der Waals surface area contributed by atoms with Gasteiger partial charge in [0.1, 0.15) is 12.1 Å². The Labute approximate surface area is 168 Å². The zero-order valence-electron chi connectivity index (χ0n) is 15.8. The van der Waals surface area contributed by atoms with Crippen LogP contribution in [0.1, 0.15) is 22.3 Å². The number of carbonyl (C=O) groups excluding carboxylic acids is 3. The summed E-state index contributed by atoms with van der Waals surface area (Å²) in [6.07, 6.45) is 1.13. The number of hydrogen-bond donors (Lipinski definition) is 4. The molecule has 0 bridgehead atoms. The van der Waals surface area contributed by atoms with Crippen molar-refractivity contribution < 1.29 is 23.9 Å². The molecule has 0 spiro atoms. The zero-order valence-corrected chi connectivity index (χ0v) is 15.8. The smallest absolute Gasteiger partial charge is 0.251 e. The van der Waals surface area contributed by atoms with E-state index in [4.69, 9.17) is 5.73 Å². The first kappa shape index (κ1) is 22.2. The highest BCUT2D eigenvalue weighted by atomic mass is 19.1. The van der Waals surface area contributed by atoms with Gasteiger partial charge in [0.15, 0.2) is 0 Å². The van der Waals surface area contributed by atoms with E-state index in [1.807, 2.05) is 0 Å². The first-order valence-electron chi connectivity index (χ1n) is 9.16. The number of benzene rings is 2. The van der Waals surface area contributed by atoms with Gasteiger partial charge in [0.05, 0.1) is 12.5 Å². The molecule has 8 heteroatoms. The lowest BCUT2D eigenvalue weighted by Gasteiger charge is -2.19. The molecule has 0 aliphatic carbocycles. The number of anilines is 1. The molecule has 2 unspecified atom stereocenters. The summed E-state index contributed by atoms with van der Waals surface area (Å²) in [6.45, 7) is -0.306. The Morgan fingerprint density at radius 1 is 1.17 bits per heavy atom. The van der Waals surface area contributed by atoms with Gasteiger partial charge in [-0.1, -0.05) is 12.1 Å². The number of hydrogen-bond acceptors (Lipinski definition) is 5. The van der Waals surface area contributed by atoms with Crippen LogP contribution in [-0.4, -0.2) is 42.4 Å². The average Bonchev–Trinajstić information content (AvgIpc) is 2.72. The van der Waals surface area contributed by atoms with Crippen molar-refractivity contribution in [3.63, 3.8) is 0 Å². The van der Waals surface area contributed by atoms with Gasteiger partial charge >= 0.3 is 0 Å². The Bertz CT molecular complexity index is 842. The quantitative estimate of drug-likeness (QED) is 0.447. The van der Waals surface area contributed by atoms with Gasteiger partial charge in [0.2, 0.25) is 5.91 Å². The second kappa shape index (κ2) is 11.0. The molecule has 2 amide bonds. The summed E-state index contributed by atoms with van der Waals surface area (Å²) in [5.74, 6) is -1.98. The van der Waals surface area contributed by atoms with Crippen molar-refractivity contribution in [2.24, 2.45) is 11.7 Å². The van der Waals surface area contributed by atoms with E-state index in [9.17, 15) is 23.9 Å². The number of amides is 2. The van der Waals surface area contributed by atoms with Gasteiger partial charge in [0.25, 0.3) is 5.91 Å². The van der Waals surface area contributed by atoms with E-state index in [1.54, 1.807) is 24.3 Å². The number of aliphatic hydroxyl groups excluding tert-OH is 1. The SMILES string of the molecule is NC(CNC(=O)c1cccc(CC=O)c1)CC(CO)C(=O)Nc1ccc(F)cc1. The summed E-state index contributed by atoms with van der Waals surface area (Å²) in [6, 6.07) is 11.4. The second-order valence-corrected chi connectivity index (χ2v) is 6.65. The summed E-state index contributed by atoms with van der Waals surface area (Å²) < 4.78 is 12.9. The predicted molar refractivity (Wildman–Crippen MR) is 107 cm³/mol. The van der Waals surface area contributed by atoms with Gasteiger partial charge in [-0.15, -0.1) is 0 Å². The van der Waals surface area contributed by atoms with Crippen molar-refractivity contribution in [3.05, 3.63) is 65.5 Å². The maximum absolute atomic E-state index is 12.9. The number of rotatable bonds is 10. The Morgan fingerprint density at radius 3 is 2.55 bits per heavy atom. The maximum atomic E-state index is 12.9. The van der Waals surface area contributed by atoms with Crippen LogP contribution in [0.15, 0.2) is 48.5 Å². The first-order chi connectivity index (χ1) is 13.9. The van der Waals surface area contributed by atoms with Crippen LogP contribution in [0.4, 0.5) is 10.1 Å². The molecule has 0 saturated heterocycles. The molecule has 0 radical (unpaired) electrons. The molecule has 0 heterocycles. The summed E-state index contributed by atoms with van der Waals surface area (Å²) >= 11 is 0. The first-order valence-corrected chi connectivity index (χ1v) is 9.16. The highest BCUT2D eigenvalue weighted by Crippen LogP contribution is 2.13. The molecular formula is C21H24FN3O4. The molecule has 2 rings (SSSR count). The highest BCUT2D eigenvalue weighted by Gasteiger charge is 2.21. The number of nitrogens with two attached hydrogens (primary N) is 1.